The van der Waals surface area contributed by atoms with Crippen LogP contribution < -0.4 is 17.0 Å². The largest absolute Gasteiger partial charge is 0.369 e. The minimum Gasteiger partial charge on any atom is -0.369 e. The lowest BCUT2D eigenvalue weighted by molar-refractivity contribution is 0.366. The maximum atomic E-state index is 11.8. The van der Waals surface area contributed by atoms with Gasteiger partial charge in [0.25, 0.3) is 5.56 Å². The molecule has 1 fully saturated rings. The van der Waals surface area contributed by atoms with Crippen LogP contribution in [0.3, 0.4) is 0 Å². The molecule has 1 aliphatic rings. The number of nitrogens with zero attached hydrogens (tertiary/aromatic N) is 2. The van der Waals surface area contributed by atoms with E-state index in [1.807, 2.05) is 0 Å². The fraction of sp³-hybridized carbons (Fsp3) is 0.583. The molecule has 0 unspecified atom stereocenters. The van der Waals surface area contributed by atoms with Gasteiger partial charge in [0.15, 0.2) is 11.2 Å². The van der Waals surface area contributed by atoms with Gasteiger partial charge in [-0.2, -0.15) is 4.98 Å². The van der Waals surface area contributed by atoms with Gasteiger partial charge in [-0.05, 0) is 12.8 Å². The van der Waals surface area contributed by atoms with Crippen LogP contribution in [-0.2, 0) is 5.54 Å². The fourth-order valence-corrected chi connectivity index (χ4v) is 2.76. The van der Waals surface area contributed by atoms with Crippen LogP contribution in [0.25, 0.3) is 11.2 Å². The van der Waals surface area contributed by atoms with Gasteiger partial charge in [-0.15, -0.1) is 0 Å². The van der Waals surface area contributed by atoms with Crippen molar-refractivity contribution in [2.24, 2.45) is 5.73 Å². The summed E-state index contributed by atoms with van der Waals surface area (Å²) in [6.07, 6.45) is 6.31. The van der Waals surface area contributed by atoms with Crippen molar-refractivity contribution in [3.63, 3.8) is 0 Å². The minimum atomic E-state index is -0.488. The summed E-state index contributed by atoms with van der Waals surface area (Å²) in [5.74, 6) is 0.718. The summed E-state index contributed by atoms with van der Waals surface area (Å²) in [4.78, 5) is 25.7. The Labute approximate surface area is 109 Å². The fourth-order valence-electron chi connectivity index (χ4n) is 2.76. The number of fused-ring (bicyclic) bond motifs is 1. The zero-order valence-corrected chi connectivity index (χ0v) is 10.7. The average molecular weight is 262 g/mol. The molecular weight excluding hydrogens is 244 g/mol. The number of aromatic amines is 2. The molecule has 0 atom stereocenters. The second-order valence-electron chi connectivity index (χ2n) is 5.31. The lowest BCUT2D eigenvalue weighted by Crippen LogP contribution is -2.37. The van der Waals surface area contributed by atoms with Gasteiger partial charge in [0.2, 0.25) is 5.95 Å². The highest BCUT2D eigenvalue weighted by Gasteiger charge is 2.32. The van der Waals surface area contributed by atoms with Crippen molar-refractivity contribution >= 4 is 17.1 Å². The van der Waals surface area contributed by atoms with E-state index in [0.29, 0.717) is 17.0 Å². The molecule has 0 aliphatic heterocycles. The van der Waals surface area contributed by atoms with E-state index < -0.39 is 5.54 Å². The molecule has 0 radical (unpaired) electrons. The molecule has 3 rings (SSSR count). The highest BCUT2D eigenvalue weighted by Crippen LogP contribution is 2.32. The van der Waals surface area contributed by atoms with Crippen molar-refractivity contribution in [1.29, 1.82) is 0 Å². The van der Waals surface area contributed by atoms with E-state index in [4.69, 9.17) is 11.5 Å². The maximum absolute atomic E-state index is 11.8. The molecule has 102 valence electrons. The third-order valence-corrected chi connectivity index (χ3v) is 3.85. The van der Waals surface area contributed by atoms with E-state index in [0.717, 1.165) is 25.7 Å². The third kappa shape index (κ3) is 2.10. The Kier molecular flexibility index (Phi) is 2.78. The summed E-state index contributed by atoms with van der Waals surface area (Å²) in [5, 5.41) is 0. The molecule has 0 amide bonds. The predicted molar refractivity (Wildman–Crippen MR) is 72.5 cm³/mol. The van der Waals surface area contributed by atoms with E-state index in [2.05, 4.69) is 19.9 Å². The first kappa shape index (κ1) is 12.2. The maximum Gasteiger partial charge on any atom is 0.278 e. The number of anilines is 1. The highest BCUT2D eigenvalue weighted by molar-refractivity contribution is 5.70. The molecule has 0 aromatic carbocycles. The summed E-state index contributed by atoms with van der Waals surface area (Å²) in [6.45, 7) is 0. The van der Waals surface area contributed by atoms with Gasteiger partial charge in [0.05, 0.1) is 5.54 Å². The van der Waals surface area contributed by atoms with Crippen LogP contribution >= 0.6 is 0 Å². The van der Waals surface area contributed by atoms with Crippen LogP contribution in [0.5, 0.6) is 0 Å². The van der Waals surface area contributed by atoms with Gasteiger partial charge in [0.1, 0.15) is 5.82 Å². The Morgan fingerprint density at radius 3 is 2.42 bits per heavy atom. The summed E-state index contributed by atoms with van der Waals surface area (Å²) in [5.41, 5.74) is 11.9. The number of nitrogen functional groups attached to an aromatic ring is 1. The van der Waals surface area contributed by atoms with Crippen molar-refractivity contribution in [3.05, 3.63) is 16.2 Å². The van der Waals surface area contributed by atoms with Gasteiger partial charge in [-0.3, -0.25) is 9.78 Å². The van der Waals surface area contributed by atoms with Gasteiger partial charge >= 0.3 is 0 Å². The lowest BCUT2D eigenvalue weighted by atomic mass is 9.91. The lowest BCUT2D eigenvalue weighted by Gasteiger charge is -2.25. The zero-order valence-electron chi connectivity index (χ0n) is 10.7. The molecule has 0 saturated heterocycles. The first-order valence-corrected chi connectivity index (χ1v) is 6.63. The number of hydrogen-bond donors (Lipinski definition) is 4. The highest BCUT2D eigenvalue weighted by atomic mass is 16.1. The Bertz CT molecular complexity index is 650. The number of nitrogens with two attached hydrogens (primary N) is 2. The van der Waals surface area contributed by atoms with E-state index in [1.54, 1.807) is 0 Å². The first-order valence-electron chi connectivity index (χ1n) is 6.63. The van der Waals surface area contributed by atoms with Crippen LogP contribution in [0.1, 0.15) is 44.3 Å². The van der Waals surface area contributed by atoms with Crippen molar-refractivity contribution in [3.8, 4) is 0 Å². The van der Waals surface area contributed by atoms with E-state index in [1.165, 1.54) is 12.8 Å². The molecule has 2 aromatic rings. The molecule has 1 saturated carbocycles. The van der Waals surface area contributed by atoms with Crippen molar-refractivity contribution in [2.75, 3.05) is 5.73 Å². The van der Waals surface area contributed by atoms with Crippen LogP contribution in [-0.4, -0.2) is 19.9 Å². The smallest absolute Gasteiger partial charge is 0.278 e. The minimum absolute atomic E-state index is 0.0717. The molecule has 2 heterocycles. The number of imidazole rings is 1. The van der Waals surface area contributed by atoms with Crippen molar-refractivity contribution in [1.82, 2.24) is 19.9 Å². The van der Waals surface area contributed by atoms with Gasteiger partial charge in [-0.25, -0.2) is 4.98 Å². The standard InChI is InChI=1S/C12H18N6O/c13-11-17-8-7(9(19)18-11)15-10(16-8)12(14)5-3-1-2-4-6-12/h1-6,14H2,(H4,13,15,16,17,18,19). The van der Waals surface area contributed by atoms with E-state index in [9.17, 15) is 4.79 Å². The van der Waals surface area contributed by atoms with Crippen LogP contribution in [0.4, 0.5) is 5.95 Å². The summed E-state index contributed by atoms with van der Waals surface area (Å²) in [6, 6.07) is 0. The third-order valence-electron chi connectivity index (χ3n) is 3.85. The van der Waals surface area contributed by atoms with Gasteiger partial charge in [-0.1, -0.05) is 25.7 Å². The first-order chi connectivity index (χ1) is 9.08. The number of rotatable bonds is 1. The van der Waals surface area contributed by atoms with Crippen molar-refractivity contribution in [2.45, 2.75) is 44.1 Å². The second kappa shape index (κ2) is 4.34. The summed E-state index contributed by atoms with van der Waals surface area (Å²) < 4.78 is 0. The Morgan fingerprint density at radius 2 is 1.74 bits per heavy atom. The Balaban J connectivity index is 2.09. The van der Waals surface area contributed by atoms with Gasteiger partial charge in [0, 0.05) is 0 Å². The monoisotopic (exact) mass is 262 g/mol. The molecule has 0 spiro atoms. The predicted octanol–water partition coefficient (Wildman–Crippen LogP) is 0.737. The average Bonchev–Trinajstić information content (AvgIpc) is 2.66. The number of nitrogens with one attached hydrogen (secondary N) is 2. The number of aromatic nitrogens is 4. The summed E-state index contributed by atoms with van der Waals surface area (Å²) >= 11 is 0. The molecule has 0 bridgehead atoms. The van der Waals surface area contributed by atoms with Crippen LogP contribution in [0.15, 0.2) is 4.79 Å². The van der Waals surface area contributed by atoms with E-state index >= 15 is 0 Å². The molecular formula is C12H18N6O. The number of H-pyrrole nitrogens is 2. The quantitative estimate of drug-likeness (QED) is 0.564. The summed E-state index contributed by atoms with van der Waals surface area (Å²) in [7, 11) is 0. The molecule has 19 heavy (non-hydrogen) atoms. The SMILES string of the molecule is Nc1nc2nc(C3(N)CCCCCC3)[nH]c2c(=O)[nH]1. The van der Waals surface area contributed by atoms with Gasteiger partial charge < -0.3 is 16.5 Å². The topological polar surface area (TPSA) is 126 Å². The molecule has 1 aliphatic carbocycles. The second-order valence-corrected chi connectivity index (χ2v) is 5.31. The zero-order chi connectivity index (χ0) is 13.5. The van der Waals surface area contributed by atoms with Crippen LogP contribution in [0.2, 0.25) is 0 Å². The van der Waals surface area contributed by atoms with Crippen LogP contribution in [0, 0.1) is 0 Å². The molecule has 2 aromatic heterocycles. The Morgan fingerprint density at radius 1 is 1.05 bits per heavy atom. The van der Waals surface area contributed by atoms with E-state index in [-0.39, 0.29) is 11.5 Å². The molecule has 7 heteroatoms. The molecule has 7 nitrogen and oxygen atoms in total. The molecule has 6 N–H and O–H groups in total. The number of hydrogen-bond acceptors (Lipinski definition) is 5. The van der Waals surface area contributed by atoms with Crippen molar-refractivity contribution < 1.29 is 0 Å². The normalized spacial score (nSPS) is 19.4. The Hall–Kier alpha value is -1.89.